The maximum atomic E-state index is 14.9. The molecule has 6 unspecified atom stereocenters. The molecular formula is C28H38F16O. The monoisotopic (exact) mass is 694 g/mol. The summed E-state index contributed by atoms with van der Waals surface area (Å²) in [7, 11) is 0. The Kier molecular flexibility index (Phi) is 9.96. The van der Waals surface area contributed by atoms with Gasteiger partial charge in [-0.05, 0) is 53.8 Å². The molecule has 2 aliphatic rings. The smallest absolute Gasteiger partial charge is 0.368 e. The maximum absolute atomic E-state index is 14.9. The number of alkyl halides is 16. The SMILES string of the molecule is CCC(C)(C)C1C(C)C2CC1C(C(C)(C)CC)C2(C)OCC(F)(F)C(F)(F)C(F)(F)C(F)(F)C(F)(F)C(F)(F)C(F)(F)C(F)F. The molecule has 0 aliphatic heterocycles. The van der Waals surface area contributed by atoms with Crippen LogP contribution in [0.5, 0.6) is 0 Å². The lowest BCUT2D eigenvalue weighted by atomic mass is 9.53. The van der Waals surface area contributed by atoms with Crippen molar-refractivity contribution in [3.8, 4) is 0 Å². The number of ether oxygens (including phenoxy) is 1. The van der Waals surface area contributed by atoms with Crippen molar-refractivity contribution in [2.45, 2.75) is 128 Å². The van der Waals surface area contributed by atoms with Crippen LogP contribution >= 0.6 is 0 Å². The van der Waals surface area contributed by atoms with Gasteiger partial charge in [0.25, 0.3) is 0 Å². The zero-order chi connectivity index (χ0) is 36.0. The van der Waals surface area contributed by atoms with E-state index >= 15 is 0 Å². The van der Waals surface area contributed by atoms with Gasteiger partial charge in [-0.1, -0.05) is 61.3 Å². The second-order valence-electron chi connectivity index (χ2n) is 14.0. The summed E-state index contributed by atoms with van der Waals surface area (Å²) in [5.74, 6) is -56.7. The molecule has 0 aromatic rings. The molecular weight excluding hydrogens is 656 g/mol. The van der Waals surface area contributed by atoms with Crippen LogP contribution in [0.25, 0.3) is 0 Å². The molecule has 0 aromatic heterocycles. The first-order valence-corrected chi connectivity index (χ1v) is 14.2. The summed E-state index contributed by atoms with van der Waals surface area (Å²) in [5, 5.41) is 0. The predicted molar refractivity (Wildman–Crippen MR) is 131 cm³/mol. The zero-order valence-corrected chi connectivity index (χ0v) is 25.7. The maximum Gasteiger partial charge on any atom is 0.384 e. The van der Waals surface area contributed by atoms with Crippen molar-refractivity contribution >= 4 is 0 Å². The molecule has 2 fully saturated rings. The highest BCUT2D eigenvalue weighted by Crippen LogP contribution is 2.70. The molecule has 6 atom stereocenters. The lowest BCUT2D eigenvalue weighted by Gasteiger charge is -2.56. The van der Waals surface area contributed by atoms with E-state index in [-0.39, 0.29) is 23.2 Å². The summed E-state index contributed by atoms with van der Waals surface area (Å²) in [4.78, 5) is 0. The van der Waals surface area contributed by atoms with Gasteiger partial charge < -0.3 is 4.74 Å². The third-order valence-electron chi connectivity index (χ3n) is 10.8. The van der Waals surface area contributed by atoms with Crippen LogP contribution in [-0.4, -0.2) is 60.1 Å². The van der Waals surface area contributed by atoms with E-state index in [1.165, 1.54) is 6.92 Å². The number of hydrogen-bond donors (Lipinski definition) is 0. The third kappa shape index (κ3) is 5.32. The third-order valence-corrected chi connectivity index (χ3v) is 10.8. The summed E-state index contributed by atoms with van der Waals surface area (Å²) < 4.78 is 227. The Morgan fingerprint density at radius 3 is 1.47 bits per heavy atom. The van der Waals surface area contributed by atoms with Crippen LogP contribution in [0, 0.1) is 40.4 Å². The molecule has 2 aliphatic carbocycles. The van der Waals surface area contributed by atoms with Crippen molar-refractivity contribution in [1.29, 1.82) is 0 Å². The number of rotatable bonds is 14. The van der Waals surface area contributed by atoms with Crippen LogP contribution < -0.4 is 0 Å². The fourth-order valence-electron chi connectivity index (χ4n) is 7.85. The van der Waals surface area contributed by atoms with E-state index < -0.39 is 77.3 Å². The van der Waals surface area contributed by atoms with Crippen LogP contribution in [0.3, 0.4) is 0 Å². The van der Waals surface area contributed by atoms with Gasteiger partial charge in [0.05, 0.1) is 5.60 Å². The predicted octanol–water partition coefficient (Wildman–Crippen LogP) is 10.9. The Morgan fingerprint density at radius 1 is 0.667 bits per heavy atom. The molecule has 1 nitrogen and oxygen atoms in total. The summed E-state index contributed by atoms with van der Waals surface area (Å²) in [6, 6.07) is 0. The highest BCUT2D eigenvalue weighted by molar-refractivity contribution is 5.18. The van der Waals surface area contributed by atoms with Crippen molar-refractivity contribution in [3.05, 3.63) is 0 Å². The van der Waals surface area contributed by atoms with Crippen molar-refractivity contribution in [2.75, 3.05) is 6.61 Å². The van der Waals surface area contributed by atoms with Crippen molar-refractivity contribution in [1.82, 2.24) is 0 Å². The Morgan fingerprint density at radius 2 is 1.07 bits per heavy atom. The molecule has 17 heteroatoms. The van der Waals surface area contributed by atoms with Gasteiger partial charge in [0, 0.05) is 0 Å². The number of fused-ring (bicyclic) bond motifs is 2. The molecule has 0 heterocycles. The van der Waals surface area contributed by atoms with Crippen molar-refractivity contribution < 1.29 is 75.0 Å². The Hall–Kier alpha value is -1.16. The number of halogens is 16. The molecule has 2 bridgehead atoms. The average Bonchev–Trinajstić information content (AvgIpc) is 3.39. The first-order chi connectivity index (χ1) is 19.7. The lowest BCUT2D eigenvalue weighted by molar-refractivity contribution is -0.449. The minimum Gasteiger partial charge on any atom is -0.368 e. The fraction of sp³-hybridized carbons (Fsp3) is 1.00. The van der Waals surface area contributed by atoms with Gasteiger partial charge in [-0.25, -0.2) is 8.78 Å². The standard InChI is InChI=1S/C28H38F16O/c1-9-19(4,5)16-13(3)15-11-14(16)17(20(6,7)10-2)21(15,8)45-12-22(31,32)24(35,36)26(39,40)28(43,44)27(41,42)25(37,38)23(33,34)18(29)30/h13-18H,9-12H2,1-8H3. The average molecular weight is 695 g/mol. The highest BCUT2D eigenvalue weighted by Gasteiger charge is 2.93. The first-order valence-electron chi connectivity index (χ1n) is 14.2. The van der Waals surface area contributed by atoms with Crippen LogP contribution in [-0.2, 0) is 4.74 Å². The van der Waals surface area contributed by atoms with Crippen molar-refractivity contribution in [2.24, 2.45) is 40.4 Å². The zero-order valence-electron chi connectivity index (χ0n) is 25.7. The fourth-order valence-corrected chi connectivity index (χ4v) is 7.85. The number of hydrogen-bond acceptors (Lipinski definition) is 1. The summed E-state index contributed by atoms with van der Waals surface area (Å²) in [6.07, 6.45) is -4.47. The van der Waals surface area contributed by atoms with E-state index in [1.54, 1.807) is 27.7 Å². The molecule has 0 amide bonds. The van der Waals surface area contributed by atoms with Gasteiger partial charge >= 0.3 is 47.9 Å². The normalized spacial score (nSPS) is 29.7. The van der Waals surface area contributed by atoms with Gasteiger partial charge in [-0.3, -0.25) is 0 Å². The Bertz CT molecular complexity index is 1070. The van der Waals surface area contributed by atoms with E-state index in [1.807, 2.05) is 20.8 Å². The molecule has 2 saturated carbocycles. The van der Waals surface area contributed by atoms with Crippen LogP contribution in [0.2, 0.25) is 0 Å². The molecule has 0 radical (unpaired) electrons. The summed E-state index contributed by atoms with van der Waals surface area (Å²) in [6.45, 7) is 11.3. The summed E-state index contributed by atoms with van der Waals surface area (Å²) in [5.41, 5.74) is -2.84. The quantitative estimate of drug-likeness (QED) is 0.165. The van der Waals surface area contributed by atoms with Crippen LogP contribution in [0.1, 0.15) is 74.7 Å². The second-order valence-corrected chi connectivity index (χ2v) is 14.0. The topological polar surface area (TPSA) is 9.23 Å². The van der Waals surface area contributed by atoms with E-state index in [0.29, 0.717) is 19.3 Å². The second kappa shape index (κ2) is 11.2. The molecule has 0 spiro atoms. The van der Waals surface area contributed by atoms with E-state index in [2.05, 4.69) is 0 Å². The lowest BCUT2D eigenvalue weighted by Crippen LogP contribution is -2.74. The molecule has 45 heavy (non-hydrogen) atoms. The van der Waals surface area contributed by atoms with Crippen LogP contribution in [0.15, 0.2) is 0 Å². The van der Waals surface area contributed by atoms with Gasteiger partial charge in [-0.2, -0.15) is 61.5 Å². The largest absolute Gasteiger partial charge is 0.384 e. The molecule has 2 rings (SSSR count). The molecule has 268 valence electrons. The molecule has 0 N–H and O–H groups in total. The van der Waals surface area contributed by atoms with Gasteiger partial charge in [-0.15, -0.1) is 0 Å². The summed E-state index contributed by atoms with van der Waals surface area (Å²) >= 11 is 0. The van der Waals surface area contributed by atoms with Gasteiger partial charge in [0.2, 0.25) is 0 Å². The Balaban J connectivity index is 2.54. The van der Waals surface area contributed by atoms with Crippen LogP contribution in [0.4, 0.5) is 70.2 Å². The van der Waals surface area contributed by atoms with E-state index in [0.717, 1.165) is 0 Å². The van der Waals surface area contributed by atoms with Crippen molar-refractivity contribution in [3.63, 3.8) is 0 Å². The van der Waals surface area contributed by atoms with Gasteiger partial charge in [0.1, 0.15) is 6.61 Å². The van der Waals surface area contributed by atoms with E-state index in [9.17, 15) is 70.2 Å². The van der Waals surface area contributed by atoms with Gasteiger partial charge in [0.15, 0.2) is 0 Å². The minimum atomic E-state index is -8.41. The first kappa shape index (κ1) is 40.0. The molecule has 0 saturated heterocycles. The molecule has 0 aromatic carbocycles. The Labute approximate surface area is 250 Å². The highest BCUT2D eigenvalue weighted by atomic mass is 19.4. The minimum absolute atomic E-state index is 0.0414. The van der Waals surface area contributed by atoms with E-state index in [4.69, 9.17) is 4.74 Å².